The third-order valence-corrected chi connectivity index (χ3v) is 3.41. The smallest absolute Gasteiger partial charge is 0.131 e. The monoisotopic (exact) mass is 264 g/mol. The van der Waals surface area contributed by atoms with Crippen LogP contribution in [0.2, 0.25) is 0 Å². The molecule has 1 aromatic carbocycles. The molecule has 0 radical (unpaired) electrons. The van der Waals surface area contributed by atoms with Crippen molar-refractivity contribution in [1.82, 2.24) is 10.3 Å². The van der Waals surface area contributed by atoms with Crippen LogP contribution in [0.25, 0.3) is 11.3 Å². The molecule has 0 aliphatic carbocycles. The quantitative estimate of drug-likeness (QED) is 0.901. The maximum Gasteiger partial charge on any atom is 0.131 e. The highest BCUT2D eigenvalue weighted by Gasteiger charge is 2.10. The van der Waals surface area contributed by atoms with Crippen molar-refractivity contribution in [2.75, 3.05) is 21.3 Å². The Kier molecular flexibility index (Phi) is 4.17. The van der Waals surface area contributed by atoms with Gasteiger partial charge in [0.25, 0.3) is 0 Å². The SMILES string of the molecule is CNCc1nc(-c2ccc(OC)cc2OC)cs1. The van der Waals surface area contributed by atoms with E-state index < -0.39 is 0 Å². The number of hydrogen-bond donors (Lipinski definition) is 1. The highest BCUT2D eigenvalue weighted by molar-refractivity contribution is 7.09. The summed E-state index contributed by atoms with van der Waals surface area (Å²) >= 11 is 1.64. The minimum absolute atomic E-state index is 0.774. The van der Waals surface area contributed by atoms with Gasteiger partial charge in [0.1, 0.15) is 16.5 Å². The molecule has 1 aromatic heterocycles. The number of nitrogens with one attached hydrogen (secondary N) is 1. The summed E-state index contributed by atoms with van der Waals surface area (Å²) in [6.07, 6.45) is 0. The fourth-order valence-corrected chi connectivity index (χ4v) is 2.48. The summed E-state index contributed by atoms with van der Waals surface area (Å²) in [6.45, 7) is 0.781. The molecule has 18 heavy (non-hydrogen) atoms. The van der Waals surface area contributed by atoms with Crippen molar-refractivity contribution in [2.45, 2.75) is 6.54 Å². The number of rotatable bonds is 5. The number of hydrogen-bond acceptors (Lipinski definition) is 5. The molecule has 1 N–H and O–H groups in total. The van der Waals surface area contributed by atoms with Crippen LogP contribution < -0.4 is 14.8 Å². The molecule has 0 fully saturated rings. The second-order valence-corrected chi connectivity index (χ2v) is 4.67. The molecule has 1 heterocycles. The molecule has 0 aliphatic rings. The molecule has 4 nitrogen and oxygen atoms in total. The number of thiazole rings is 1. The zero-order chi connectivity index (χ0) is 13.0. The first-order chi connectivity index (χ1) is 8.78. The minimum Gasteiger partial charge on any atom is -0.497 e. The molecule has 2 aromatic rings. The summed E-state index contributed by atoms with van der Waals surface area (Å²) in [5.74, 6) is 1.55. The normalized spacial score (nSPS) is 10.4. The Balaban J connectivity index is 2.36. The summed E-state index contributed by atoms with van der Waals surface area (Å²) < 4.78 is 10.6. The molecular weight excluding hydrogens is 248 g/mol. The number of methoxy groups -OCH3 is 2. The van der Waals surface area contributed by atoms with Gasteiger partial charge in [0.2, 0.25) is 0 Å². The standard InChI is InChI=1S/C13H16N2O2S/c1-14-7-13-15-11(8-18-13)10-5-4-9(16-2)6-12(10)17-3/h4-6,8,14H,7H2,1-3H3. The fraction of sp³-hybridized carbons (Fsp3) is 0.308. The Morgan fingerprint density at radius 1 is 1.28 bits per heavy atom. The number of ether oxygens (including phenoxy) is 2. The lowest BCUT2D eigenvalue weighted by molar-refractivity contribution is 0.395. The van der Waals surface area contributed by atoms with Gasteiger partial charge >= 0.3 is 0 Å². The van der Waals surface area contributed by atoms with Gasteiger partial charge in [0.15, 0.2) is 0 Å². The Hall–Kier alpha value is -1.59. The fourth-order valence-electron chi connectivity index (χ4n) is 1.68. The first-order valence-electron chi connectivity index (χ1n) is 5.60. The Morgan fingerprint density at radius 3 is 2.78 bits per heavy atom. The van der Waals surface area contributed by atoms with Crippen molar-refractivity contribution in [1.29, 1.82) is 0 Å². The van der Waals surface area contributed by atoms with E-state index >= 15 is 0 Å². The molecule has 0 unspecified atom stereocenters. The van der Waals surface area contributed by atoms with Gasteiger partial charge in [-0.2, -0.15) is 0 Å². The van der Waals surface area contributed by atoms with E-state index in [0.717, 1.165) is 34.3 Å². The van der Waals surface area contributed by atoms with Crippen LogP contribution in [0.3, 0.4) is 0 Å². The van der Waals surface area contributed by atoms with E-state index in [2.05, 4.69) is 10.3 Å². The lowest BCUT2D eigenvalue weighted by Gasteiger charge is -2.08. The Labute approximate surface area is 111 Å². The predicted molar refractivity (Wildman–Crippen MR) is 73.4 cm³/mol. The number of aromatic nitrogens is 1. The van der Waals surface area contributed by atoms with E-state index in [9.17, 15) is 0 Å². The van der Waals surface area contributed by atoms with E-state index in [-0.39, 0.29) is 0 Å². The Bertz CT molecular complexity index is 525. The predicted octanol–water partition coefficient (Wildman–Crippen LogP) is 2.55. The van der Waals surface area contributed by atoms with Crippen LogP contribution in [-0.2, 0) is 6.54 Å². The van der Waals surface area contributed by atoms with Gasteiger partial charge < -0.3 is 14.8 Å². The van der Waals surface area contributed by atoms with Crippen molar-refractivity contribution in [3.05, 3.63) is 28.6 Å². The summed E-state index contributed by atoms with van der Waals surface area (Å²) in [6, 6.07) is 5.75. The molecule has 0 saturated carbocycles. The topological polar surface area (TPSA) is 43.4 Å². The second kappa shape index (κ2) is 5.84. The van der Waals surface area contributed by atoms with Gasteiger partial charge in [0, 0.05) is 23.6 Å². The average Bonchev–Trinajstić information content (AvgIpc) is 2.87. The van der Waals surface area contributed by atoms with E-state index in [1.165, 1.54) is 0 Å². The lowest BCUT2D eigenvalue weighted by Crippen LogP contribution is -2.04. The molecule has 0 saturated heterocycles. The number of nitrogens with zero attached hydrogens (tertiary/aromatic N) is 1. The largest absolute Gasteiger partial charge is 0.497 e. The molecule has 0 bridgehead atoms. The van der Waals surface area contributed by atoms with E-state index in [1.54, 1.807) is 25.6 Å². The van der Waals surface area contributed by atoms with Crippen LogP contribution in [0.5, 0.6) is 11.5 Å². The van der Waals surface area contributed by atoms with Crippen LogP contribution in [0, 0.1) is 0 Å². The highest BCUT2D eigenvalue weighted by Crippen LogP contribution is 2.33. The summed E-state index contributed by atoms with van der Waals surface area (Å²) in [5.41, 5.74) is 1.92. The highest BCUT2D eigenvalue weighted by atomic mass is 32.1. The average molecular weight is 264 g/mol. The maximum atomic E-state index is 5.38. The molecule has 2 rings (SSSR count). The van der Waals surface area contributed by atoms with E-state index in [1.807, 2.05) is 30.6 Å². The molecule has 0 atom stereocenters. The molecular formula is C13H16N2O2S. The molecule has 5 heteroatoms. The van der Waals surface area contributed by atoms with Crippen LogP contribution in [0.4, 0.5) is 0 Å². The zero-order valence-electron chi connectivity index (χ0n) is 10.7. The third kappa shape index (κ3) is 2.63. The minimum atomic E-state index is 0.774. The van der Waals surface area contributed by atoms with Gasteiger partial charge in [-0.1, -0.05) is 0 Å². The van der Waals surface area contributed by atoms with Crippen LogP contribution in [-0.4, -0.2) is 26.3 Å². The first kappa shape index (κ1) is 12.9. The van der Waals surface area contributed by atoms with Crippen LogP contribution in [0.1, 0.15) is 5.01 Å². The van der Waals surface area contributed by atoms with Crippen molar-refractivity contribution in [3.63, 3.8) is 0 Å². The first-order valence-corrected chi connectivity index (χ1v) is 6.48. The zero-order valence-corrected chi connectivity index (χ0v) is 11.5. The van der Waals surface area contributed by atoms with Gasteiger partial charge in [-0.3, -0.25) is 0 Å². The second-order valence-electron chi connectivity index (χ2n) is 3.72. The van der Waals surface area contributed by atoms with Gasteiger partial charge in [-0.25, -0.2) is 4.98 Å². The van der Waals surface area contributed by atoms with Gasteiger partial charge in [-0.05, 0) is 19.2 Å². The van der Waals surface area contributed by atoms with Crippen LogP contribution in [0.15, 0.2) is 23.6 Å². The molecule has 96 valence electrons. The molecule has 0 amide bonds. The van der Waals surface area contributed by atoms with E-state index in [0.29, 0.717) is 0 Å². The van der Waals surface area contributed by atoms with Crippen molar-refractivity contribution >= 4 is 11.3 Å². The van der Waals surface area contributed by atoms with E-state index in [4.69, 9.17) is 9.47 Å². The molecule has 0 aliphatic heterocycles. The van der Waals surface area contributed by atoms with Gasteiger partial charge in [-0.15, -0.1) is 11.3 Å². The van der Waals surface area contributed by atoms with Crippen molar-refractivity contribution in [3.8, 4) is 22.8 Å². The molecule has 0 spiro atoms. The summed E-state index contributed by atoms with van der Waals surface area (Å²) in [4.78, 5) is 4.57. The van der Waals surface area contributed by atoms with Crippen molar-refractivity contribution < 1.29 is 9.47 Å². The van der Waals surface area contributed by atoms with Gasteiger partial charge in [0.05, 0.1) is 19.9 Å². The Morgan fingerprint density at radius 2 is 2.11 bits per heavy atom. The maximum absolute atomic E-state index is 5.38. The number of benzene rings is 1. The summed E-state index contributed by atoms with van der Waals surface area (Å²) in [5, 5.41) is 6.19. The van der Waals surface area contributed by atoms with Crippen molar-refractivity contribution in [2.24, 2.45) is 0 Å². The summed E-state index contributed by atoms with van der Waals surface area (Å²) in [7, 11) is 5.20. The lowest BCUT2D eigenvalue weighted by atomic mass is 10.1. The van der Waals surface area contributed by atoms with Crippen LogP contribution >= 0.6 is 11.3 Å². The third-order valence-electron chi connectivity index (χ3n) is 2.56.